The molecule has 7 nitrogen and oxygen atoms in total. The minimum absolute atomic E-state index is 0.345. The Morgan fingerprint density at radius 2 is 1.81 bits per heavy atom. The Balaban J connectivity index is 2.14. The van der Waals surface area contributed by atoms with Gasteiger partial charge in [0, 0.05) is 10.2 Å². The summed E-state index contributed by atoms with van der Waals surface area (Å²) in [5.41, 5.74) is 1.15. The number of hydrogen-bond acceptors (Lipinski definition) is 5. The van der Waals surface area contributed by atoms with Gasteiger partial charge < -0.3 is 10.1 Å². The first-order valence-electron chi connectivity index (χ1n) is 7.42. The van der Waals surface area contributed by atoms with Crippen LogP contribution in [0.4, 0.5) is 11.4 Å². The molecular formula is C17H17BrN2O5S. The first kappa shape index (κ1) is 19.9. The predicted octanol–water partition coefficient (Wildman–Crippen LogP) is 2.64. The zero-order valence-electron chi connectivity index (χ0n) is 14.1. The highest BCUT2D eigenvalue weighted by Crippen LogP contribution is 2.22. The number of sulfonamides is 1. The molecule has 0 atom stereocenters. The first-order valence-corrected chi connectivity index (χ1v) is 10.1. The fraction of sp³-hybridized carbons (Fsp3) is 0.176. The van der Waals surface area contributed by atoms with Gasteiger partial charge in [-0.25, -0.2) is 13.2 Å². The Morgan fingerprint density at radius 3 is 2.35 bits per heavy atom. The standard InChI is InChI=1S/C17H17BrN2O5S/c1-25-17(22)12-6-8-14(9-7-12)19-16(21)11-20(26(2,23)24)15-5-3-4-13(18)10-15/h3-10H,11H2,1-2H3,(H,19,21). The van der Waals surface area contributed by atoms with Gasteiger partial charge in [0.1, 0.15) is 6.54 Å². The van der Waals surface area contributed by atoms with Crippen molar-refractivity contribution in [1.29, 1.82) is 0 Å². The fourth-order valence-corrected chi connectivity index (χ4v) is 3.41. The summed E-state index contributed by atoms with van der Waals surface area (Å²) in [6.07, 6.45) is 1.03. The molecule has 0 bridgehead atoms. The first-order chi connectivity index (χ1) is 12.2. The molecule has 0 aliphatic carbocycles. The number of halogens is 1. The van der Waals surface area contributed by atoms with E-state index >= 15 is 0 Å². The molecule has 0 saturated carbocycles. The van der Waals surface area contributed by atoms with Gasteiger partial charge in [0.15, 0.2) is 0 Å². The number of amides is 1. The number of benzene rings is 2. The molecule has 1 N–H and O–H groups in total. The summed E-state index contributed by atoms with van der Waals surface area (Å²) in [7, 11) is -2.38. The van der Waals surface area contributed by atoms with E-state index in [-0.39, 0.29) is 6.54 Å². The molecule has 0 heterocycles. The molecule has 138 valence electrons. The third-order valence-corrected chi connectivity index (χ3v) is 5.01. The Morgan fingerprint density at radius 1 is 1.15 bits per heavy atom. The molecule has 0 fully saturated rings. The summed E-state index contributed by atoms with van der Waals surface area (Å²) in [5.74, 6) is -0.998. The molecule has 2 rings (SSSR count). The number of methoxy groups -OCH3 is 1. The van der Waals surface area contributed by atoms with E-state index in [0.717, 1.165) is 10.6 Å². The highest BCUT2D eigenvalue weighted by molar-refractivity contribution is 9.10. The number of hydrogen-bond donors (Lipinski definition) is 1. The van der Waals surface area contributed by atoms with Crippen molar-refractivity contribution in [2.24, 2.45) is 0 Å². The second-order valence-electron chi connectivity index (χ2n) is 5.37. The third kappa shape index (κ3) is 5.30. The van der Waals surface area contributed by atoms with E-state index < -0.39 is 21.9 Å². The Kier molecular flexibility index (Phi) is 6.38. The SMILES string of the molecule is COC(=O)c1ccc(NC(=O)CN(c2cccc(Br)c2)S(C)(=O)=O)cc1. The van der Waals surface area contributed by atoms with Crippen LogP contribution in [0.25, 0.3) is 0 Å². The molecular weight excluding hydrogens is 424 g/mol. The lowest BCUT2D eigenvalue weighted by molar-refractivity contribution is -0.114. The van der Waals surface area contributed by atoms with Crippen molar-refractivity contribution in [3.05, 3.63) is 58.6 Å². The van der Waals surface area contributed by atoms with Gasteiger partial charge in [-0.15, -0.1) is 0 Å². The zero-order chi connectivity index (χ0) is 19.3. The number of esters is 1. The maximum Gasteiger partial charge on any atom is 0.337 e. The summed E-state index contributed by atoms with van der Waals surface area (Å²) in [5, 5.41) is 2.60. The maximum absolute atomic E-state index is 12.3. The fourth-order valence-electron chi connectivity index (χ4n) is 2.17. The van der Waals surface area contributed by atoms with E-state index in [1.165, 1.54) is 31.4 Å². The molecule has 0 radical (unpaired) electrons. The molecule has 0 aromatic heterocycles. The number of ether oxygens (including phenoxy) is 1. The lowest BCUT2D eigenvalue weighted by atomic mass is 10.2. The highest BCUT2D eigenvalue weighted by Gasteiger charge is 2.21. The van der Waals surface area contributed by atoms with Crippen LogP contribution in [-0.4, -0.2) is 40.2 Å². The van der Waals surface area contributed by atoms with Crippen LogP contribution in [0.1, 0.15) is 10.4 Å². The lowest BCUT2D eigenvalue weighted by Crippen LogP contribution is -2.37. The minimum atomic E-state index is -3.65. The molecule has 9 heteroatoms. The predicted molar refractivity (Wildman–Crippen MR) is 103 cm³/mol. The number of carbonyl (C=O) groups is 2. The van der Waals surface area contributed by atoms with Gasteiger partial charge in [-0.2, -0.15) is 0 Å². The summed E-state index contributed by atoms with van der Waals surface area (Å²) < 4.78 is 30.4. The number of carbonyl (C=O) groups excluding carboxylic acids is 2. The second-order valence-corrected chi connectivity index (χ2v) is 8.19. The second kappa shape index (κ2) is 8.33. The van der Waals surface area contributed by atoms with Gasteiger partial charge in [-0.3, -0.25) is 9.10 Å². The Hall–Kier alpha value is -2.39. The molecule has 2 aromatic rings. The Labute approximate surface area is 160 Å². The lowest BCUT2D eigenvalue weighted by Gasteiger charge is -2.22. The van der Waals surface area contributed by atoms with Crippen molar-refractivity contribution in [1.82, 2.24) is 0 Å². The van der Waals surface area contributed by atoms with Crippen molar-refractivity contribution in [3.8, 4) is 0 Å². The molecule has 0 aliphatic rings. The third-order valence-electron chi connectivity index (χ3n) is 3.37. The number of anilines is 2. The van der Waals surface area contributed by atoms with Crippen molar-refractivity contribution in [3.63, 3.8) is 0 Å². The normalized spacial score (nSPS) is 10.9. The van der Waals surface area contributed by atoms with Crippen LogP contribution in [0.3, 0.4) is 0 Å². The van der Waals surface area contributed by atoms with Gasteiger partial charge >= 0.3 is 5.97 Å². The molecule has 2 aromatic carbocycles. The van der Waals surface area contributed by atoms with Crippen LogP contribution in [-0.2, 0) is 19.6 Å². The van der Waals surface area contributed by atoms with Crippen LogP contribution in [0.5, 0.6) is 0 Å². The van der Waals surface area contributed by atoms with Crippen LogP contribution >= 0.6 is 15.9 Å². The van der Waals surface area contributed by atoms with Gasteiger partial charge in [0.05, 0.1) is 24.6 Å². The van der Waals surface area contributed by atoms with E-state index in [1.807, 2.05) is 0 Å². The van der Waals surface area contributed by atoms with Gasteiger partial charge in [-0.1, -0.05) is 22.0 Å². The van der Waals surface area contributed by atoms with Gasteiger partial charge in [-0.05, 0) is 42.5 Å². The number of nitrogens with zero attached hydrogens (tertiary/aromatic N) is 1. The van der Waals surface area contributed by atoms with Crippen LogP contribution in [0.15, 0.2) is 53.0 Å². The minimum Gasteiger partial charge on any atom is -0.465 e. The summed E-state index contributed by atoms with van der Waals surface area (Å²) in [4.78, 5) is 23.7. The molecule has 0 spiro atoms. The maximum atomic E-state index is 12.3. The van der Waals surface area contributed by atoms with Gasteiger partial charge in [0.2, 0.25) is 15.9 Å². The number of rotatable bonds is 6. The van der Waals surface area contributed by atoms with Crippen molar-refractivity contribution < 1.29 is 22.7 Å². The summed E-state index contributed by atoms with van der Waals surface area (Å²) >= 11 is 3.28. The number of nitrogens with one attached hydrogen (secondary N) is 1. The van der Waals surface area contributed by atoms with E-state index in [1.54, 1.807) is 24.3 Å². The molecule has 0 aliphatic heterocycles. The largest absolute Gasteiger partial charge is 0.465 e. The van der Waals surface area contributed by atoms with Crippen molar-refractivity contribution in [2.75, 3.05) is 29.5 Å². The van der Waals surface area contributed by atoms with Crippen molar-refractivity contribution >= 4 is 49.2 Å². The van der Waals surface area contributed by atoms with Gasteiger partial charge in [0.25, 0.3) is 0 Å². The molecule has 1 amide bonds. The monoisotopic (exact) mass is 440 g/mol. The van der Waals surface area contributed by atoms with Crippen molar-refractivity contribution in [2.45, 2.75) is 0 Å². The van der Waals surface area contributed by atoms with E-state index in [2.05, 4.69) is 26.0 Å². The molecule has 0 saturated heterocycles. The van der Waals surface area contributed by atoms with E-state index in [9.17, 15) is 18.0 Å². The Bertz CT molecular complexity index is 913. The van der Waals surface area contributed by atoms with Crippen LogP contribution < -0.4 is 9.62 Å². The van der Waals surface area contributed by atoms with Crippen LogP contribution in [0.2, 0.25) is 0 Å². The average molecular weight is 441 g/mol. The summed E-state index contributed by atoms with van der Waals surface area (Å²) in [6.45, 7) is -0.381. The van der Waals surface area contributed by atoms with Crippen LogP contribution in [0, 0.1) is 0 Å². The van der Waals surface area contributed by atoms with E-state index in [0.29, 0.717) is 21.4 Å². The average Bonchev–Trinajstić information content (AvgIpc) is 2.58. The molecule has 26 heavy (non-hydrogen) atoms. The zero-order valence-corrected chi connectivity index (χ0v) is 16.5. The summed E-state index contributed by atoms with van der Waals surface area (Å²) in [6, 6.07) is 12.7. The quantitative estimate of drug-likeness (QED) is 0.696. The smallest absolute Gasteiger partial charge is 0.337 e. The molecule has 0 unspecified atom stereocenters. The highest BCUT2D eigenvalue weighted by atomic mass is 79.9. The van der Waals surface area contributed by atoms with E-state index in [4.69, 9.17) is 0 Å². The topological polar surface area (TPSA) is 92.8 Å².